The van der Waals surface area contributed by atoms with E-state index in [4.69, 9.17) is 5.73 Å². The van der Waals surface area contributed by atoms with Gasteiger partial charge in [-0.05, 0) is 50.8 Å². The van der Waals surface area contributed by atoms with Crippen molar-refractivity contribution < 1.29 is 4.21 Å². The number of benzene rings is 2. The van der Waals surface area contributed by atoms with Crippen molar-refractivity contribution in [2.75, 3.05) is 12.0 Å². The summed E-state index contributed by atoms with van der Waals surface area (Å²) in [6.07, 6.45) is 1.64. The zero-order valence-corrected chi connectivity index (χ0v) is 11.9. The number of fused-ring (bicyclic) bond motifs is 1. The minimum absolute atomic E-state index is 0.481. The van der Waals surface area contributed by atoms with E-state index in [1.165, 1.54) is 0 Å². The summed E-state index contributed by atoms with van der Waals surface area (Å²) in [4.78, 5) is 0.746. The van der Waals surface area contributed by atoms with Crippen LogP contribution in [0.4, 0.5) is 5.82 Å². The average molecular weight is 285 g/mol. The molecule has 1 unspecified atom stereocenters. The molecule has 0 saturated heterocycles. The van der Waals surface area contributed by atoms with E-state index in [1.807, 2.05) is 42.5 Å². The molecule has 0 aliphatic heterocycles. The Labute approximate surface area is 117 Å². The first-order valence-electron chi connectivity index (χ1n) is 6.11. The molecule has 0 bridgehead atoms. The zero-order chi connectivity index (χ0) is 14.3. The van der Waals surface area contributed by atoms with Crippen molar-refractivity contribution in [3.63, 3.8) is 0 Å². The molecular formula is C15H15N3OS. The van der Waals surface area contributed by atoms with Gasteiger partial charge in [0, 0.05) is 16.5 Å². The van der Waals surface area contributed by atoms with Crippen LogP contribution in [0, 0.1) is 0 Å². The van der Waals surface area contributed by atoms with Gasteiger partial charge in [0.2, 0.25) is 0 Å². The predicted octanol–water partition coefficient (Wildman–Crippen LogP) is 2.52. The Bertz CT molecular complexity index is 894. The number of rotatable bonds is 2. The van der Waals surface area contributed by atoms with E-state index in [-0.39, 0.29) is 0 Å². The van der Waals surface area contributed by atoms with Crippen molar-refractivity contribution in [1.82, 2.24) is 10.2 Å². The normalized spacial score (nSPS) is 14.2. The Balaban J connectivity index is 2.18. The number of hydrogen-bond donors (Lipinski definition) is 2. The van der Waals surface area contributed by atoms with Gasteiger partial charge in [-0.2, -0.15) is 5.10 Å². The van der Waals surface area contributed by atoms with Gasteiger partial charge in [0.1, 0.15) is 0 Å². The van der Waals surface area contributed by atoms with Gasteiger partial charge in [-0.3, -0.25) is 9.31 Å². The molecule has 2 aromatic carbocycles. The van der Waals surface area contributed by atoms with Crippen molar-refractivity contribution in [2.24, 2.45) is 0 Å². The van der Waals surface area contributed by atoms with Gasteiger partial charge in [-0.25, -0.2) is 0 Å². The van der Waals surface area contributed by atoms with Crippen molar-refractivity contribution >= 4 is 32.1 Å². The van der Waals surface area contributed by atoms with Crippen LogP contribution in [0.1, 0.15) is 0 Å². The average Bonchev–Trinajstić information content (AvgIpc) is 2.79. The minimum atomic E-state index is -2.22. The third kappa shape index (κ3) is 2.16. The summed E-state index contributed by atoms with van der Waals surface area (Å²) in [5.74, 6) is 4.20. The first-order valence-corrected chi connectivity index (χ1v) is 8.25. The van der Waals surface area contributed by atoms with E-state index in [1.54, 1.807) is 6.26 Å². The topological polar surface area (TPSA) is 71.8 Å². The Kier molecular flexibility index (Phi) is 2.79. The molecule has 5 heteroatoms. The lowest BCUT2D eigenvalue weighted by molar-refractivity contribution is 0.685. The summed E-state index contributed by atoms with van der Waals surface area (Å²) in [6, 6.07) is 13.5. The molecule has 0 spiro atoms. The number of aromatic nitrogens is 2. The Hall–Kier alpha value is -2.27. The van der Waals surface area contributed by atoms with Crippen LogP contribution in [-0.2, 0) is 9.52 Å². The monoisotopic (exact) mass is 285 g/mol. The van der Waals surface area contributed by atoms with E-state index >= 15 is 0 Å². The smallest absolute Gasteiger partial charge is 0.153 e. The molecule has 3 rings (SSSR count). The predicted molar refractivity (Wildman–Crippen MR) is 85.4 cm³/mol. The van der Waals surface area contributed by atoms with Crippen LogP contribution in [0.15, 0.2) is 47.4 Å². The van der Waals surface area contributed by atoms with E-state index in [0.717, 1.165) is 26.9 Å². The first-order chi connectivity index (χ1) is 9.45. The van der Waals surface area contributed by atoms with Crippen LogP contribution in [0.25, 0.3) is 22.0 Å². The highest BCUT2D eigenvalue weighted by molar-refractivity contribution is 7.99. The molecule has 0 aliphatic carbocycles. The summed E-state index contributed by atoms with van der Waals surface area (Å²) in [6.45, 7) is 0. The maximum atomic E-state index is 12.1. The van der Waals surface area contributed by atoms with Gasteiger partial charge in [0.05, 0.1) is 5.52 Å². The highest BCUT2D eigenvalue weighted by Gasteiger charge is 2.07. The fourth-order valence-electron chi connectivity index (χ4n) is 2.16. The standard InChI is InChI=1S/C15H15N3OS/c1-20(2,19)12-5-3-4-10(8-12)11-6-7-14-13(9-11)15(16)18-17-14/h3-9H,1H2,2H3,(H3,16,17,18). The number of hydrogen-bond acceptors (Lipinski definition) is 3. The SMILES string of the molecule is C=S(C)(=O)c1cccc(-c2ccc3[nH]nc(N)c3c2)c1. The summed E-state index contributed by atoms with van der Waals surface area (Å²) < 4.78 is 12.1. The van der Waals surface area contributed by atoms with Crippen molar-refractivity contribution in [1.29, 1.82) is 0 Å². The lowest BCUT2D eigenvalue weighted by Crippen LogP contribution is -1.96. The zero-order valence-electron chi connectivity index (χ0n) is 11.1. The molecule has 4 nitrogen and oxygen atoms in total. The molecule has 0 amide bonds. The van der Waals surface area contributed by atoms with E-state index < -0.39 is 9.52 Å². The Morgan fingerprint density at radius 3 is 2.70 bits per heavy atom. The highest BCUT2D eigenvalue weighted by Crippen LogP contribution is 2.27. The highest BCUT2D eigenvalue weighted by atomic mass is 32.2. The largest absolute Gasteiger partial charge is 0.382 e. The lowest BCUT2D eigenvalue weighted by Gasteiger charge is -2.07. The molecule has 3 N–H and O–H groups in total. The molecule has 1 aromatic heterocycles. The second-order valence-electron chi connectivity index (χ2n) is 4.90. The van der Waals surface area contributed by atoms with E-state index in [2.05, 4.69) is 16.1 Å². The van der Waals surface area contributed by atoms with Gasteiger partial charge in [0.25, 0.3) is 0 Å². The van der Waals surface area contributed by atoms with Gasteiger partial charge in [-0.15, -0.1) is 0 Å². The van der Waals surface area contributed by atoms with Gasteiger partial charge in [0.15, 0.2) is 5.82 Å². The molecule has 0 radical (unpaired) electrons. The number of nitrogens with one attached hydrogen (secondary N) is 1. The van der Waals surface area contributed by atoms with Crippen molar-refractivity contribution in [2.45, 2.75) is 4.90 Å². The van der Waals surface area contributed by atoms with Crippen LogP contribution >= 0.6 is 0 Å². The minimum Gasteiger partial charge on any atom is -0.382 e. The van der Waals surface area contributed by atoms with Crippen LogP contribution in [0.5, 0.6) is 0 Å². The number of aromatic amines is 1. The number of nitrogens with two attached hydrogens (primary N) is 1. The summed E-state index contributed by atoms with van der Waals surface area (Å²) >= 11 is 0. The van der Waals surface area contributed by atoms with E-state index in [9.17, 15) is 4.21 Å². The van der Waals surface area contributed by atoms with Gasteiger partial charge >= 0.3 is 0 Å². The second kappa shape index (κ2) is 4.38. The maximum Gasteiger partial charge on any atom is 0.153 e. The summed E-state index contributed by atoms with van der Waals surface area (Å²) in [5, 5.41) is 7.74. The van der Waals surface area contributed by atoms with Crippen LogP contribution < -0.4 is 5.73 Å². The molecular weight excluding hydrogens is 270 g/mol. The van der Waals surface area contributed by atoms with Crippen molar-refractivity contribution in [3.8, 4) is 11.1 Å². The fourth-order valence-corrected chi connectivity index (χ4v) is 2.90. The Morgan fingerprint density at radius 1 is 1.20 bits per heavy atom. The number of nitrogen functional groups attached to an aromatic ring is 1. The van der Waals surface area contributed by atoms with Crippen LogP contribution in [0.2, 0.25) is 0 Å². The third-order valence-corrected chi connectivity index (χ3v) is 4.51. The molecule has 3 aromatic rings. The fraction of sp³-hybridized carbons (Fsp3) is 0.0667. The number of anilines is 1. The van der Waals surface area contributed by atoms with Crippen LogP contribution in [0.3, 0.4) is 0 Å². The van der Waals surface area contributed by atoms with Gasteiger partial charge in [-0.1, -0.05) is 18.2 Å². The second-order valence-corrected chi connectivity index (χ2v) is 7.38. The molecule has 0 aliphatic rings. The lowest BCUT2D eigenvalue weighted by atomic mass is 10.0. The molecule has 102 valence electrons. The summed E-state index contributed by atoms with van der Waals surface area (Å²) in [7, 11) is -2.22. The molecule has 1 atom stereocenters. The van der Waals surface area contributed by atoms with E-state index in [0.29, 0.717) is 5.82 Å². The number of nitrogens with zero attached hydrogens (tertiary/aromatic N) is 1. The van der Waals surface area contributed by atoms with Gasteiger partial charge < -0.3 is 5.73 Å². The molecule has 0 saturated carbocycles. The molecule has 1 heterocycles. The number of H-pyrrole nitrogens is 1. The summed E-state index contributed by atoms with van der Waals surface area (Å²) in [5.41, 5.74) is 8.73. The maximum absolute atomic E-state index is 12.1. The molecule has 0 fully saturated rings. The van der Waals surface area contributed by atoms with Crippen LogP contribution in [-0.4, -0.2) is 26.5 Å². The Morgan fingerprint density at radius 2 is 1.95 bits per heavy atom. The third-order valence-electron chi connectivity index (χ3n) is 3.26. The quantitative estimate of drug-likeness (QED) is 0.711. The molecule has 20 heavy (non-hydrogen) atoms. The van der Waals surface area contributed by atoms with Crippen molar-refractivity contribution in [3.05, 3.63) is 42.5 Å². The first kappa shape index (κ1) is 12.7.